The van der Waals surface area contributed by atoms with Crippen LogP contribution < -0.4 is 0 Å². The van der Waals surface area contributed by atoms with Crippen LogP contribution in [0.15, 0.2) is 0 Å². The summed E-state index contributed by atoms with van der Waals surface area (Å²) in [5.41, 5.74) is 0. The van der Waals surface area contributed by atoms with E-state index >= 15 is 0 Å². The van der Waals surface area contributed by atoms with E-state index < -0.39 is 0 Å². The fourth-order valence-corrected chi connectivity index (χ4v) is 2.02. The Hall–Kier alpha value is 0.310. The molecule has 0 aromatic carbocycles. The third kappa shape index (κ3) is 8.41. The molecule has 1 unspecified atom stereocenters. The lowest BCUT2D eigenvalue weighted by Crippen LogP contribution is -2.07. The van der Waals surface area contributed by atoms with Gasteiger partial charge in [-0.2, -0.15) is 4.55 Å². The predicted octanol–water partition coefficient (Wildman–Crippen LogP) is 3.46. The minimum atomic E-state index is -0.284. The first kappa shape index (κ1) is 12.3. The Labute approximate surface area is 80.1 Å². The van der Waals surface area contributed by atoms with Crippen LogP contribution in [0.3, 0.4) is 0 Å². The average molecular weight is 191 g/mol. The lowest BCUT2D eigenvalue weighted by atomic mass is 10.1. The summed E-state index contributed by atoms with van der Waals surface area (Å²) in [6.45, 7) is 4.29. The summed E-state index contributed by atoms with van der Waals surface area (Å²) in [5.74, 6) is 1.97. The van der Waals surface area contributed by atoms with E-state index in [0.29, 0.717) is 0 Å². The monoisotopic (exact) mass is 191 g/mol. The van der Waals surface area contributed by atoms with Crippen LogP contribution >= 0.6 is 0 Å². The van der Waals surface area contributed by atoms with Gasteiger partial charge in [-0.25, -0.2) is 0 Å². The average Bonchev–Trinajstić information content (AvgIpc) is 2.10. The summed E-state index contributed by atoms with van der Waals surface area (Å²) in [4.78, 5) is 0. The van der Waals surface area contributed by atoms with Gasteiger partial charge in [-0.3, -0.25) is 0 Å². The van der Waals surface area contributed by atoms with Gasteiger partial charge >= 0.3 is 0 Å². The smallest absolute Gasteiger partial charge is 0.143 e. The Morgan fingerprint density at radius 2 is 1.50 bits per heavy atom. The van der Waals surface area contributed by atoms with Crippen molar-refractivity contribution >= 4 is 11.2 Å². The molecule has 0 aliphatic carbocycles. The maximum Gasteiger partial charge on any atom is 0.143 e. The van der Waals surface area contributed by atoms with Gasteiger partial charge < -0.3 is 0 Å². The highest BCUT2D eigenvalue weighted by Crippen LogP contribution is 2.06. The second kappa shape index (κ2) is 9.40. The highest BCUT2D eigenvalue weighted by atomic mass is 32.2. The number of hydrogen-bond donors (Lipinski definition) is 1. The van der Waals surface area contributed by atoms with Crippen molar-refractivity contribution in [2.75, 3.05) is 11.5 Å². The quantitative estimate of drug-likeness (QED) is 0.460. The van der Waals surface area contributed by atoms with Crippen molar-refractivity contribution in [2.24, 2.45) is 0 Å². The third-order valence-electron chi connectivity index (χ3n) is 2.07. The molecule has 0 aliphatic heterocycles. The van der Waals surface area contributed by atoms with Crippen LogP contribution in [0.1, 0.15) is 52.4 Å². The number of hydrogen-bond acceptors (Lipinski definition) is 1. The summed E-state index contributed by atoms with van der Waals surface area (Å²) in [6, 6.07) is 0. The summed E-state index contributed by atoms with van der Waals surface area (Å²) in [6.07, 6.45) is 7.95. The van der Waals surface area contributed by atoms with Crippen LogP contribution in [0.4, 0.5) is 0 Å². The molecule has 12 heavy (non-hydrogen) atoms. The van der Waals surface area contributed by atoms with Crippen molar-refractivity contribution < 1.29 is 4.55 Å². The van der Waals surface area contributed by atoms with Crippen molar-refractivity contribution in [1.82, 2.24) is 0 Å². The fourth-order valence-electron chi connectivity index (χ4n) is 1.19. The zero-order chi connectivity index (χ0) is 9.23. The van der Waals surface area contributed by atoms with Crippen molar-refractivity contribution in [3.8, 4) is 0 Å². The molecular weight excluding hydrogens is 168 g/mol. The maximum atomic E-state index is 9.29. The molecule has 0 aromatic rings. The largest absolute Gasteiger partial charge is 0.188 e. The molecule has 1 atom stereocenters. The Balaban J connectivity index is 2.90. The molecule has 74 valence electrons. The van der Waals surface area contributed by atoms with E-state index in [2.05, 4.69) is 13.8 Å². The van der Waals surface area contributed by atoms with Gasteiger partial charge in [0.15, 0.2) is 0 Å². The highest BCUT2D eigenvalue weighted by Gasteiger charge is 2.09. The zero-order valence-corrected chi connectivity index (χ0v) is 9.33. The minimum absolute atomic E-state index is 0.284. The van der Waals surface area contributed by atoms with Crippen LogP contribution in [0, 0.1) is 0 Å². The van der Waals surface area contributed by atoms with E-state index in [1.807, 2.05) is 0 Å². The number of rotatable bonds is 8. The van der Waals surface area contributed by atoms with Crippen LogP contribution in [-0.4, -0.2) is 16.1 Å². The molecule has 1 N–H and O–H groups in total. The Kier molecular flexibility index (Phi) is 9.64. The molecule has 0 spiro atoms. The molecule has 0 radical (unpaired) electrons. The Bertz CT molecular complexity index is 85.9. The molecular formula is C10H23OS+. The van der Waals surface area contributed by atoms with Gasteiger partial charge in [0.2, 0.25) is 0 Å². The molecule has 0 saturated heterocycles. The van der Waals surface area contributed by atoms with Gasteiger partial charge in [-0.05, 0) is 19.8 Å². The summed E-state index contributed by atoms with van der Waals surface area (Å²) < 4.78 is 9.29. The second-order valence-corrected chi connectivity index (χ2v) is 5.13. The maximum absolute atomic E-state index is 9.29. The van der Waals surface area contributed by atoms with Crippen molar-refractivity contribution in [3.05, 3.63) is 0 Å². The van der Waals surface area contributed by atoms with Crippen LogP contribution in [0.25, 0.3) is 0 Å². The van der Waals surface area contributed by atoms with E-state index in [4.69, 9.17) is 0 Å². The normalized spacial score (nSPS) is 13.2. The van der Waals surface area contributed by atoms with Crippen molar-refractivity contribution in [2.45, 2.75) is 52.4 Å². The summed E-state index contributed by atoms with van der Waals surface area (Å²) >= 11 is -0.284. The predicted molar refractivity (Wildman–Crippen MR) is 58.8 cm³/mol. The molecule has 1 nitrogen and oxygen atoms in total. The SMILES string of the molecule is CCCCCCCC[S+](O)CC. The lowest BCUT2D eigenvalue weighted by Gasteiger charge is -1.98. The van der Waals surface area contributed by atoms with E-state index in [1.54, 1.807) is 0 Å². The van der Waals surface area contributed by atoms with Crippen LogP contribution in [0.2, 0.25) is 0 Å². The first-order valence-corrected chi connectivity index (χ1v) is 6.69. The van der Waals surface area contributed by atoms with Crippen LogP contribution in [0.5, 0.6) is 0 Å². The highest BCUT2D eigenvalue weighted by molar-refractivity contribution is 7.91. The molecule has 0 aliphatic rings. The van der Waals surface area contributed by atoms with Gasteiger partial charge in [-0.15, -0.1) is 0 Å². The summed E-state index contributed by atoms with van der Waals surface area (Å²) in [7, 11) is 0. The Morgan fingerprint density at radius 1 is 0.917 bits per heavy atom. The van der Waals surface area contributed by atoms with Crippen molar-refractivity contribution in [3.63, 3.8) is 0 Å². The molecule has 0 amide bonds. The molecule has 0 saturated carbocycles. The topological polar surface area (TPSA) is 20.2 Å². The first-order chi connectivity index (χ1) is 5.81. The second-order valence-electron chi connectivity index (χ2n) is 3.22. The van der Waals surface area contributed by atoms with Gasteiger partial charge in [0.25, 0.3) is 0 Å². The molecule has 0 heterocycles. The van der Waals surface area contributed by atoms with E-state index in [1.165, 1.54) is 38.5 Å². The molecule has 2 heteroatoms. The molecule has 0 bridgehead atoms. The molecule has 0 fully saturated rings. The minimum Gasteiger partial charge on any atom is -0.188 e. The molecule has 0 rings (SSSR count). The van der Waals surface area contributed by atoms with E-state index in [-0.39, 0.29) is 11.2 Å². The van der Waals surface area contributed by atoms with E-state index in [0.717, 1.165) is 11.5 Å². The first-order valence-electron chi connectivity index (χ1n) is 5.17. The van der Waals surface area contributed by atoms with Gasteiger partial charge in [0.1, 0.15) is 22.7 Å². The van der Waals surface area contributed by atoms with Gasteiger partial charge in [-0.1, -0.05) is 32.6 Å². The molecule has 0 aromatic heterocycles. The van der Waals surface area contributed by atoms with Crippen LogP contribution in [-0.2, 0) is 11.2 Å². The van der Waals surface area contributed by atoms with E-state index in [9.17, 15) is 4.55 Å². The van der Waals surface area contributed by atoms with Gasteiger partial charge in [0, 0.05) is 0 Å². The Morgan fingerprint density at radius 3 is 2.08 bits per heavy atom. The lowest BCUT2D eigenvalue weighted by molar-refractivity contribution is 0.609. The fraction of sp³-hybridized carbons (Fsp3) is 1.00. The summed E-state index contributed by atoms with van der Waals surface area (Å²) in [5, 5.41) is 0. The third-order valence-corrected chi connectivity index (χ3v) is 3.49. The van der Waals surface area contributed by atoms with Gasteiger partial charge in [0.05, 0.1) is 0 Å². The number of unbranched alkanes of at least 4 members (excludes halogenated alkanes) is 5. The standard InChI is InChI=1S/C10H23OS/c1-3-5-6-7-8-9-10-12(11)4-2/h11H,3-10H2,1-2H3/q+1. The zero-order valence-electron chi connectivity index (χ0n) is 8.51. The van der Waals surface area contributed by atoms with Crippen molar-refractivity contribution in [1.29, 1.82) is 0 Å².